The van der Waals surface area contributed by atoms with Crippen molar-refractivity contribution in [2.24, 2.45) is 5.92 Å². The lowest BCUT2D eigenvalue weighted by Crippen LogP contribution is -2.50. The van der Waals surface area contributed by atoms with E-state index in [9.17, 15) is 9.90 Å². The van der Waals surface area contributed by atoms with Crippen LogP contribution in [-0.4, -0.2) is 28.1 Å². The van der Waals surface area contributed by atoms with Crippen LogP contribution in [0.2, 0.25) is 5.02 Å². The van der Waals surface area contributed by atoms with E-state index < -0.39 is 5.54 Å². The van der Waals surface area contributed by atoms with E-state index in [1.807, 2.05) is 6.92 Å². The van der Waals surface area contributed by atoms with Gasteiger partial charge in [-0.1, -0.05) is 11.6 Å². The maximum atomic E-state index is 11.9. The minimum absolute atomic E-state index is 0.0438. The first-order valence-corrected chi connectivity index (χ1v) is 5.70. The third-order valence-corrected chi connectivity index (χ3v) is 3.32. The molecular weight excluding hydrogens is 228 g/mol. The second-order valence-electron chi connectivity index (χ2n) is 4.54. The monoisotopic (exact) mass is 242 g/mol. The second-order valence-corrected chi connectivity index (χ2v) is 4.97. The van der Waals surface area contributed by atoms with Crippen LogP contribution in [0.3, 0.4) is 0 Å². The van der Waals surface area contributed by atoms with Gasteiger partial charge in [0.05, 0.1) is 17.2 Å². The Kier molecular flexibility index (Phi) is 2.95. The first kappa shape index (κ1) is 11.5. The zero-order chi connectivity index (χ0) is 11.8. The lowest BCUT2D eigenvalue weighted by Gasteiger charge is -2.28. The third kappa shape index (κ3) is 2.23. The standard InChI is InChI=1S/C11H15ClN2O2/c1-11(6-15,7-2-3-7)14-10(16)9-4-8(12)5-13-9/h4-5,7,13,15H,2-3,6H2,1H3,(H,14,16). The summed E-state index contributed by atoms with van der Waals surface area (Å²) in [5.74, 6) is 0.155. The van der Waals surface area contributed by atoms with Crippen molar-refractivity contribution in [1.82, 2.24) is 10.3 Å². The van der Waals surface area contributed by atoms with Crippen LogP contribution in [0.1, 0.15) is 30.3 Å². The maximum Gasteiger partial charge on any atom is 0.268 e. The van der Waals surface area contributed by atoms with E-state index in [0.29, 0.717) is 16.6 Å². The average molecular weight is 243 g/mol. The van der Waals surface area contributed by atoms with E-state index in [2.05, 4.69) is 10.3 Å². The summed E-state index contributed by atoms with van der Waals surface area (Å²) < 4.78 is 0. The van der Waals surface area contributed by atoms with Crippen LogP contribution in [0.15, 0.2) is 12.3 Å². The second kappa shape index (κ2) is 4.11. The van der Waals surface area contributed by atoms with Gasteiger partial charge in [0.1, 0.15) is 5.69 Å². The Hall–Kier alpha value is -1.00. The van der Waals surface area contributed by atoms with Crippen molar-refractivity contribution in [2.75, 3.05) is 6.61 Å². The van der Waals surface area contributed by atoms with Crippen LogP contribution >= 0.6 is 11.6 Å². The summed E-state index contributed by atoms with van der Waals surface area (Å²) >= 11 is 5.72. The zero-order valence-electron chi connectivity index (χ0n) is 9.09. The molecule has 1 fully saturated rings. The number of carbonyl (C=O) groups is 1. The van der Waals surface area contributed by atoms with Crippen molar-refractivity contribution in [3.63, 3.8) is 0 Å². The number of amides is 1. The minimum Gasteiger partial charge on any atom is -0.394 e. The first-order chi connectivity index (χ1) is 7.55. The van der Waals surface area contributed by atoms with Crippen LogP contribution < -0.4 is 5.32 Å². The lowest BCUT2D eigenvalue weighted by molar-refractivity contribution is 0.0820. The summed E-state index contributed by atoms with van der Waals surface area (Å²) in [7, 11) is 0. The summed E-state index contributed by atoms with van der Waals surface area (Å²) in [6.07, 6.45) is 3.68. The summed E-state index contributed by atoms with van der Waals surface area (Å²) in [4.78, 5) is 14.6. The molecule has 1 amide bonds. The number of aliphatic hydroxyl groups excluding tert-OH is 1. The molecule has 1 aromatic rings. The lowest BCUT2D eigenvalue weighted by atomic mass is 9.97. The molecule has 1 aliphatic carbocycles. The van der Waals surface area contributed by atoms with E-state index in [1.165, 1.54) is 0 Å². The van der Waals surface area contributed by atoms with E-state index in [1.54, 1.807) is 12.3 Å². The predicted molar refractivity (Wildman–Crippen MR) is 61.5 cm³/mol. The molecule has 5 heteroatoms. The quantitative estimate of drug-likeness (QED) is 0.750. The molecule has 0 bridgehead atoms. The highest BCUT2D eigenvalue weighted by atomic mass is 35.5. The van der Waals surface area contributed by atoms with E-state index in [-0.39, 0.29) is 12.5 Å². The van der Waals surface area contributed by atoms with Crippen LogP contribution in [0.4, 0.5) is 0 Å². The summed E-state index contributed by atoms with van der Waals surface area (Å²) in [6, 6.07) is 1.57. The van der Waals surface area contributed by atoms with Crippen molar-refractivity contribution in [3.8, 4) is 0 Å². The smallest absolute Gasteiger partial charge is 0.268 e. The average Bonchev–Trinajstić information content (AvgIpc) is 3.02. The van der Waals surface area contributed by atoms with Crippen molar-refractivity contribution >= 4 is 17.5 Å². The number of H-pyrrole nitrogens is 1. The van der Waals surface area contributed by atoms with Gasteiger partial charge in [-0.2, -0.15) is 0 Å². The molecule has 0 aliphatic heterocycles. The number of aliphatic hydroxyl groups is 1. The Morgan fingerprint density at radius 3 is 2.88 bits per heavy atom. The van der Waals surface area contributed by atoms with E-state index >= 15 is 0 Å². The van der Waals surface area contributed by atoms with Gasteiger partial charge >= 0.3 is 0 Å². The molecule has 0 saturated heterocycles. The highest BCUT2D eigenvalue weighted by Crippen LogP contribution is 2.39. The minimum atomic E-state index is -0.519. The number of aromatic amines is 1. The van der Waals surface area contributed by atoms with Gasteiger partial charge in [-0.15, -0.1) is 0 Å². The zero-order valence-corrected chi connectivity index (χ0v) is 9.84. The third-order valence-electron chi connectivity index (χ3n) is 3.10. The van der Waals surface area contributed by atoms with Crippen LogP contribution in [0, 0.1) is 5.92 Å². The molecule has 4 nitrogen and oxygen atoms in total. The van der Waals surface area contributed by atoms with Gasteiger partial charge in [-0.05, 0) is 31.7 Å². The Labute approximate surface area is 99.0 Å². The predicted octanol–water partition coefficient (Wildman–Crippen LogP) is 1.56. The number of hydrogen-bond donors (Lipinski definition) is 3. The normalized spacial score (nSPS) is 19.2. The first-order valence-electron chi connectivity index (χ1n) is 5.32. The molecule has 1 aliphatic rings. The summed E-state index contributed by atoms with van der Waals surface area (Å²) in [5.41, 5.74) is -0.0976. The molecular formula is C11H15ClN2O2. The molecule has 1 heterocycles. The topological polar surface area (TPSA) is 65.1 Å². The van der Waals surface area contributed by atoms with Gasteiger partial charge < -0.3 is 15.4 Å². The number of carbonyl (C=O) groups excluding carboxylic acids is 1. The SMILES string of the molecule is CC(CO)(NC(=O)c1cc(Cl)c[nH]1)C1CC1. The van der Waals surface area contributed by atoms with Crippen LogP contribution in [-0.2, 0) is 0 Å². The van der Waals surface area contributed by atoms with Crippen molar-refractivity contribution in [1.29, 1.82) is 0 Å². The van der Waals surface area contributed by atoms with Gasteiger partial charge in [-0.3, -0.25) is 4.79 Å². The fourth-order valence-electron chi connectivity index (χ4n) is 1.82. The maximum absolute atomic E-state index is 11.9. The molecule has 1 unspecified atom stereocenters. The molecule has 1 saturated carbocycles. The van der Waals surface area contributed by atoms with E-state index in [4.69, 9.17) is 11.6 Å². The molecule has 0 spiro atoms. The van der Waals surface area contributed by atoms with Gasteiger partial charge in [0.2, 0.25) is 0 Å². The van der Waals surface area contributed by atoms with Gasteiger partial charge in [-0.25, -0.2) is 0 Å². The Bertz CT molecular complexity index is 400. The highest BCUT2D eigenvalue weighted by Gasteiger charge is 2.42. The molecule has 1 aromatic heterocycles. The highest BCUT2D eigenvalue weighted by molar-refractivity contribution is 6.30. The summed E-state index contributed by atoms with van der Waals surface area (Å²) in [6.45, 7) is 1.82. The van der Waals surface area contributed by atoms with Gasteiger partial charge in [0.15, 0.2) is 0 Å². The largest absolute Gasteiger partial charge is 0.394 e. The van der Waals surface area contributed by atoms with Gasteiger partial charge in [0, 0.05) is 6.20 Å². The Morgan fingerprint density at radius 1 is 1.75 bits per heavy atom. The number of rotatable bonds is 4. The van der Waals surface area contributed by atoms with Crippen molar-refractivity contribution < 1.29 is 9.90 Å². The van der Waals surface area contributed by atoms with Crippen molar-refractivity contribution in [3.05, 3.63) is 23.0 Å². The fraction of sp³-hybridized carbons (Fsp3) is 0.545. The van der Waals surface area contributed by atoms with Crippen LogP contribution in [0.25, 0.3) is 0 Å². The van der Waals surface area contributed by atoms with E-state index in [0.717, 1.165) is 12.8 Å². The molecule has 3 N–H and O–H groups in total. The van der Waals surface area contributed by atoms with Crippen molar-refractivity contribution in [2.45, 2.75) is 25.3 Å². The molecule has 2 rings (SSSR count). The van der Waals surface area contributed by atoms with Crippen LogP contribution in [0.5, 0.6) is 0 Å². The number of hydrogen-bond acceptors (Lipinski definition) is 2. The molecule has 88 valence electrons. The number of nitrogens with one attached hydrogen (secondary N) is 2. The Balaban J connectivity index is 2.06. The fourth-order valence-corrected chi connectivity index (χ4v) is 1.98. The molecule has 0 radical (unpaired) electrons. The number of halogens is 1. The molecule has 16 heavy (non-hydrogen) atoms. The number of aromatic nitrogens is 1. The molecule has 1 atom stereocenters. The summed E-state index contributed by atoms with van der Waals surface area (Å²) in [5, 5.41) is 12.7. The Morgan fingerprint density at radius 2 is 2.44 bits per heavy atom. The molecule has 0 aromatic carbocycles. The van der Waals surface area contributed by atoms with Gasteiger partial charge in [0.25, 0.3) is 5.91 Å².